The second-order valence-corrected chi connectivity index (χ2v) is 5.38. The summed E-state index contributed by atoms with van der Waals surface area (Å²) in [4.78, 5) is 4.32. The first-order chi connectivity index (χ1) is 7.74. The molecule has 0 saturated heterocycles. The number of thiazole rings is 1. The zero-order valence-corrected chi connectivity index (χ0v) is 11.1. The van der Waals surface area contributed by atoms with Gasteiger partial charge in [-0.3, -0.25) is 0 Å². The lowest BCUT2D eigenvalue weighted by Gasteiger charge is -2.11. The van der Waals surface area contributed by atoms with Crippen LogP contribution < -0.4 is 11.1 Å². The maximum Gasteiger partial charge on any atom is 0.0965 e. The molecule has 3 nitrogen and oxygen atoms in total. The van der Waals surface area contributed by atoms with Gasteiger partial charge >= 0.3 is 0 Å². The lowest BCUT2D eigenvalue weighted by molar-refractivity contribution is 0.495. The molecule has 0 fully saturated rings. The molecule has 3 N–H and O–H groups in total. The second-order valence-electron chi connectivity index (χ2n) is 4.46. The van der Waals surface area contributed by atoms with Crippen molar-refractivity contribution in [3.05, 3.63) is 16.6 Å². The van der Waals surface area contributed by atoms with Crippen LogP contribution in [0.25, 0.3) is 0 Å². The highest BCUT2D eigenvalue weighted by Gasteiger charge is 2.06. The standard InChI is InChI=1S/C12H23N3S/c1-10(8-13)4-3-5-14-9-11(2)12-15-6-7-16-12/h6-7,10-11,14H,3-5,8-9,13H2,1-2H3. The van der Waals surface area contributed by atoms with Crippen molar-refractivity contribution in [1.82, 2.24) is 10.3 Å². The molecule has 1 rings (SSSR count). The summed E-state index contributed by atoms with van der Waals surface area (Å²) in [7, 11) is 0. The van der Waals surface area contributed by atoms with E-state index < -0.39 is 0 Å². The minimum atomic E-state index is 0.520. The first-order valence-electron chi connectivity index (χ1n) is 6.04. The molecule has 0 saturated carbocycles. The normalized spacial score (nSPS) is 14.9. The van der Waals surface area contributed by atoms with Gasteiger partial charge in [-0.05, 0) is 31.8 Å². The third-order valence-corrected chi connectivity index (χ3v) is 3.78. The van der Waals surface area contributed by atoms with E-state index in [4.69, 9.17) is 5.73 Å². The number of nitrogens with two attached hydrogens (primary N) is 1. The van der Waals surface area contributed by atoms with Crippen LogP contribution in [0.15, 0.2) is 11.6 Å². The van der Waals surface area contributed by atoms with Crippen molar-refractivity contribution in [2.75, 3.05) is 19.6 Å². The summed E-state index contributed by atoms with van der Waals surface area (Å²) in [5, 5.41) is 6.74. The molecule has 2 atom stereocenters. The summed E-state index contributed by atoms with van der Waals surface area (Å²) in [6, 6.07) is 0. The largest absolute Gasteiger partial charge is 0.330 e. The first-order valence-corrected chi connectivity index (χ1v) is 6.92. The Morgan fingerprint density at radius 1 is 1.50 bits per heavy atom. The number of hydrogen-bond acceptors (Lipinski definition) is 4. The molecule has 2 unspecified atom stereocenters. The van der Waals surface area contributed by atoms with Crippen LogP contribution in [0, 0.1) is 5.92 Å². The molecule has 0 aliphatic carbocycles. The molecule has 16 heavy (non-hydrogen) atoms. The fraction of sp³-hybridized carbons (Fsp3) is 0.750. The molecule has 92 valence electrons. The summed E-state index contributed by atoms with van der Waals surface area (Å²) in [5.41, 5.74) is 5.57. The van der Waals surface area contributed by atoms with E-state index in [1.807, 2.05) is 11.6 Å². The molecule has 0 bridgehead atoms. The molecule has 0 spiro atoms. The maximum absolute atomic E-state index is 5.57. The molecular formula is C12H23N3S. The molecule has 4 heteroatoms. The smallest absolute Gasteiger partial charge is 0.0965 e. The van der Waals surface area contributed by atoms with Gasteiger partial charge in [0, 0.05) is 24.0 Å². The first kappa shape index (κ1) is 13.6. The zero-order valence-electron chi connectivity index (χ0n) is 10.3. The predicted molar refractivity (Wildman–Crippen MR) is 70.9 cm³/mol. The second kappa shape index (κ2) is 7.76. The van der Waals surface area contributed by atoms with Crippen LogP contribution in [0.1, 0.15) is 37.6 Å². The average molecular weight is 241 g/mol. The Labute approximate surface area is 102 Å². The number of rotatable bonds is 8. The van der Waals surface area contributed by atoms with Gasteiger partial charge in [0.15, 0.2) is 0 Å². The van der Waals surface area contributed by atoms with Crippen LogP contribution in [0.2, 0.25) is 0 Å². The van der Waals surface area contributed by atoms with E-state index in [9.17, 15) is 0 Å². The molecule has 1 aromatic rings. The molecule has 0 amide bonds. The Morgan fingerprint density at radius 2 is 2.31 bits per heavy atom. The van der Waals surface area contributed by atoms with Crippen molar-refractivity contribution in [3.8, 4) is 0 Å². The van der Waals surface area contributed by atoms with Crippen LogP contribution in [0.4, 0.5) is 0 Å². The van der Waals surface area contributed by atoms with Crippen LogP contribution in [0.3, 0.4) is 0 Å². The number of aromatic nitrogens is 1. The highest BCUT2D eigenvalue weighted by molar-refractivity contribution is 7.09. The average Bonchev–Trinajstić information content (AvgIpc) is 2.81. The fourth-order valence-corrected chi connectivity index (χ4v) is 2.28. The minimum absolute atomic E-state index is 0.520. The molecule has 0 aromatic carbocycles. The summed E-state index contributed by atoms with van der Waals surface area (Å²) in [6.07, 6.45) is 4.30. The molecule has 0 radical (unpaired) electrons. The van der Waals surface area contributed by atoms with Gasteiger partial charge in [-0.2, -0.15) is 0 Å². The summed E-state index contributed by atoms with van der Waals surface area (Å²) < 4.78 is 0. The third kappa shape index (κ3) is 5.05. The fourth-order valence-electron chi connectivity index (χ4n) is 1.58. The topological polar surface area (TPSA) is 50.9 Å². The monoisotopic (exact) mass is 241 g/mol. The van der Waals surface area contributed by atoms with Crippen molar-refractivity contribution in [3.63, 3.8) is 0 Å². The Kier molecular flexibility index (Phi) is 6.61. The molecule has 0 aliphatic rings. The lowest BCUT2D eigenvalue weighted by Crippen LogP contribution is -2.22. The SMILES string of the molecule is CC(CN)CCCNCC(C)c1nccs1. The van der Waals surface area contributed by atoms with Gasteiger partial charge in [-0.25, -0.2) is 4.98 Å². The van der Waals surface area contributed by atoms with Crippen molar-refractivity contribution in [2.45, 2.75) is 32.6 Å². The maximum atomic E-state index is 5.57. The Bertz CT molecular complexity index is 261. The van der Waals surface area contributed by atoms with Gasteiger partial charge in [0.2, 0.25) is 0 Å². The number of hydrogen-bond donors (Lipinski definition) is 2. The number of nitrogens with one attached hydrogen (secondary N) is 1. The number of nitrogens with zero attached hydrogens (tertiary/aromatic N) is 1. The van der Waals surface area contributed by atoms with Crippen LogP contribution >= 0.6 is 11.3 Å². The van der Waals surface area contributed by atoms with Crippen LogP contribution in [-0.4, -0.2) is 24.6 Å². The van der Waals surface area contributed by atoms with E-state index in [0.29, 0.717) is 11.8 Å². The van der Waals surface area contributed by atoms with E-state index in [1.165, 1.54) is 17.8 Å². The highest BCUT2D eigenvalue weighted by Crippen LogP contribution is 2.16. The lowest BCUT2D eigenvalue weighted by atomic mass is 10.1. The Balaban J connectivity index is 2.03. The van der Waals surface area contributed by atoms with Gasteiger partial charge in [-0.15, -0.1) is 11.3 Å². The van der Waals surface area contributed by atoms with Gasteiger partial charge in [0.25, 0.3) is 0 Å². The molecule has 1 heterocycles. The third-order valence-electron chi connectivity index (χ3n) is 2.78. The van der Waals surface area contributed by atoms with E-state index in [1.54, 1.807) is 11.3 Å². The van der Waals surface area contributed by atoms with Gasteiger partial charge < -0.3 is 11.1 Å². The van der Waals surface area contributed by atoms with Crippen molar-refractivity contribution < 1.29 is 0 Å². The van der Waals surface area contributed by atoms with Crippen molar-refractivity contribution in [1.29, 1.82) is 0 Å². The molecular weight excluding hydrogens is 218 g/mol. The van der Waals surface area contributed by atoms with Gasteiger partial charge in [0.1, 0.15) is 0 Å². The molecule has 1 aromatic heterocycles. The summed E-state index contributed by atoms with van der Waals surface area (Å²) in [6.45, 7) is 7.33. The quantitative estimate of drug-likeness (QED) is 0.686. The summed E-state index contributed by atoms with van der Waals surface area (Å²) in [5.74, 6) is 1.17. The van der Waals surface area contributed by atoms with Crippen molar-refractivity contribution in [2.24, 2.45) is 11.7 Å². The van der Waals surface area contributed by atoms with E-state index >= 15 is 0 Å². The highest BCUT2D eigenvalue weighted by atomic mass is 32.1. The predicted octanol–water partition coefficient (Wildman–Crippen LogP) is 2.21. The van der Waals surface area contributed by atoms with Crippen LogP contribution in [-0.2, 0) is 0 Å². The van der Waals surface area contributed by atoms with E-state index in [0.717, 1.165) is 19.6 Å². The van der Waals surface area contributed by atoms with Crippen molar-refractivity contribution >= 4 is 11.3 Å². The zero-order chi connectivity index (χ0) is 11.8. The van der Waals surface area contributed by atoms with Gasteiger partial charge in [-0.1, -0.05) is 13.8 Å². The van der Waals surface area contributed by atoms with E-state index in [-0.39, 0.29) is 0 Å². The van der Waals surface area contributed by atoms with Crippen LogP contribution in [0.5, 0.6) is 0 Å². The molecule has 0 aliphatic heterocycles. The Hall–Kier alpha value is -0.450. The minimum Gasteiger partial charge on any atom is -0.330 e. The van der Waals surface area contributed by atoms with E-state index in [2.05, 4.69) is 24.1 Å². The Morgan fingerprint density at radius 3 is 2.94 bits per heavy atom. The summed E-state index contributed by atoms with van der Waals surface area (Å²) >= 11 is 1.74. The van der Waals surface area contributed by atoms with Gasteiger partial charge in [0.05, 0.1) is 5.01 Å².